The molecule has 0 radical (unpaired) electrons. The van der Waals surface area contributed by atoms with Gasteiger partial charge in [0.2, 0.25) is 5.95 Å². The van der Waals surface area contributed by atoms with E-state index in [1.54, 1.807) is 24.5 Å². The topological polar surface area (TPSA) is 96.2 Å². The molecule has 3 aromatic heterocycles. The molecule has 3 aliphatic rings. The van der Waals surface area contributed by atoms with Crippen LogP contribution in [-0.2, 0) is 0 Å². The van der Waals surface area contributed by atoms with Gasteiger partial charge in [-0.25, -0.2) is 4.98 Å². The molecule has 1 unspecified atom stereocenters. The van der Waals surface area contributed by atoms with Gasteiger partial charge in [-0.3, -0.25) is 9.78 Å². The normalized spacial score (nSPS) is 26.8. The summed E-state index contributed by atoms with van der Waals surface area (Å²) in [6, 6.07) is 4.42. The number of carbonyl (C=O) groups excluding carboxylic acids is 1. The molecule has 8 heteroatoms. The highest BCUT2D eigenvalue weighted by molar-refractivity contribution is 5.94. The highest BCUT2D eigenvalue weighted by Crippen LogP contribution is 2.39. The number of aromatic nitrogens is 4. The molecule has 2 atom stereocenters. The van der Waals surface area contributed by atoms with Gasteiger partial charge >= 0.3 is 0 Å². The van der Waals surface area contributed by atoms with Crippen LogP contribution in [0.1, 0.15) is 86.2 Å². The summed E-state index contributed by atoms with van der Waals surface area (Å²) in [7, 11) is 0. The van der Waals surface area contributed by atoms with Crippen LogP contribution in [0, 0.1) is 5.92 Å². The van der Waals surface area contributed by atoms with E-state index in [1.165, 1.54) is 18.4 Å². The van der Waals surface area contributed by atoms with Crippen LogP contribution in [0.4, 0.5) is 5.95 Å². The van der Waals surface area contributed by atoms with Crippen molar-refractivity contribution in [2.24, 2.45) is 5.92 Å². The molecular weight excluding hydrogens is 452 g/mol. The van der Waals surface area contributed by atoms with Crippen LogP contribution >= 0.6 is 0 Å². The molecule has 1 aliphatic heterocycles. The van der Waals surface area contributed by atoms with Crippen molar-refractivity contribution in [1.29, 1.82) is 0 Å². The molecule has 2 saturated carbocycles. The summed E-state index contributed by atoms with van der Waals surface area (Å²) in [6.07, 6.45) is 15.3. The van der Waals surface area contributed by atoms with Gasteiger partial charge in [0.15, 0.2) is 0 Å². The monoisotopic (exact) mass is 488 g/mol. The third-order valence-corrected chi connectivity index (χ3v) is 8.57. The number of hydrogen-bond acceptors (Lipinski definition) is 6. The number of piperidine rings is 1. The predicted molar refractivity (Wildman–Crippen MR) is 139 cm³/mol. The average molecular weight is 489 g/mol. The molecule has 36 heavy (non-hydrogen) atoms. The molecule has 190 valence electrons. The van der Waals surface area contributed by atoms with Crippen LogP contribution in [0.25, 0.3) is 11.0 Å². The van der Waals surface area contributed by atoms with E-state index in [-0.39, 0.29) is 12.0 Å². The molecule has 2 aliphatic carbocycles. The first-order valence-electron chi connectivity index (χ1n) is 13.6. The van der Waals surface area contributed by atoms with E-state index in [9.17, 15) is 9.90 Å². The second-order valence-electron chi connectivity index (χ2n) is 10.8. The first-order chi connectivity index (χ1) is 17.6. The maximum absolute atomic E-state index is 12.9. The number of rotatable bonds is 6. The predicted octanol–water partition coefficient (Wildman–Crippen LogP) is 4.53. The first-order valence-corrected chi connectivity index (χ1v) is 13.6. The van der Waals surface area contributed by atoms with E-state index in [2.05, 4.69) is 28.0 Å². The van der Waals surface area contributed by atoms with Gasteiger partial charge in [0.1, 0.15) is 5.65 Å². The Hall–Kier alpha value is -3.00. The molecule has 0 bridgehead atoms. The largest absolute Gasteiger partial charge is 0.393 e. The summed E-state index contributed by atoms with van der Waals surface area (Å²) < 4.78 is 2.36. The number of carbonyl (C=O) groups is 1. The van der Waals surface area contributed by atoms with E-state index in [0.29, 0.717) is 23.6 Å². The van der Waals surface area contributed by atoms with Crippen molar-refractivity contribution in [1.82, 2.24) is 24.4 Å². The van der Waals surface area contributed by atoms with Gasteiger partial charge in [0.05, 0.1) is 6.10 Å². The van der Waals surface area contributed by atoms with E-state index in [1.807, 2.05) is 11.1 Å². The van der Waals surface area contributed by atoms with Crippen LogP contribution in [0.15, 0.2) is 36.9 Å². The lowest BCUT2D eigenvalue weighted by atomic mass is 9.89. The van der Waals surface area contributed by atoms with Gasteiger partial charge in [-0.2, -0.15) is 4.98 Å². The van der Waals surface area contributed by atoms with Gasteiger partial charge in [0.25, 0.3) is 5.91 Å². The van der Waals surface area contributed by atoms with E-state index >= 15 is 0 Å². The van der Waals surface area contributed by atoms with Crippen LogP contribution in [0.3, 0.4) is 0 Å². The van der Waals surface area contributed by atoms with Gasteiger partial charge in [-0.1, -0.05) is 13.3 Å². The molecule has 3 aromatic rings. The molecule has 1 saturated heterocycles. The lowest BCUT2D eigenvalue weighted by Gasteiger charge is -2.32. The summed E-state index contributed by atoms with van der Waals surface area (Å²) in [5.74, 6) is 1.91. The minimum atomic E-state index is -0.183. The number of amides is 1. The Balaban J connectivity index is 1.24. The molecule has 1 amide bonds. The number of aliphatic hydroxyl groups is 1. The van der Waals surface area contributed by atoms with Crippen molar-refractivity contribution in [3.63, 3.8) is 0 Å². The first kappa shape index (κ1) is 23.4. The Morgan fingerprint density at radius 2 is 1.86 bits per heavy atom. The van der Waals surface area contributed by atoms with Gasteiger partial charge in [-0.15, -0.1) is 0 Å². The Labute approximate surface area is 212 Å². The number of aliphatic hydroxyl groups excluding tert-OH is 1. The van der Waals surface area contributed by atoms with Crippen molar-refractivity contribution in [2.45, 2.75) is 82.4 Å². The fourth-order valence-electron chi connectivity index (χ4n) is 6.18. The molecular formula is C28H36N6O2. The Morgan fingerprint density at radius 1 is 1.11 bits per heavy atom. The summed E-state index contributed by atoms with van der Waals surface area (Å²) in [6.45, 7) is 3.73. The second kappa shape index (κ2) is 9.81. The lowest BCUT2D eigenvalue weighted by molar-refractivity contribution is 0.0713. The third kappa shape index (κ3) is 4.59. The average Bonchev–Trinajstić information content (AvgIpc) is 3.58. The Bertz CT molecular complexity index is 1210. The van der Waals surface area contributed by atoms with Crippen molar-refractivity contribution >= 4 is 22.9 Å². The van der Waals surface area contributed by atoms with Crippen LogP contribution in [-0.4, -0.2) is 60.7 Å². The van der Waals surface area contributed by atoms with Crippen LogP contribution in [0.2, 0.25) is 0 Å². The standard InChI is InChI=1S/C28H36N6O2/c1-2-18-15-25(18)31-28-30-16-23-24(17-34(26(23)32-28)21-3-5-22(35)6-4-21)19-9-13-33(14-10-19)27(36)20-7-11-29-12-8-20/h7-8,11-12,16-19,21-22,25,35H,2-6,9-10,13-15H2,1H3,(H,30,31,32)/t18-,21?,22?,25?/m0/s1. The highest BCUT2D eigenvalue weighted by Gasteiger charge is 2.36. The molecule has 4 heterocycles. The summed E-state index contributed by atoms with van der Waals surface area (Å²) >= 11 is 0. The van der Waals surface area contributed by atoms with Gasteiger partial charge in [-0.05, 0) is 74.5 Å². The SMILES string of the molecule is CC[C@H]1CC1Nc1ncc2c(C3CCN(C(=O)c4ccncc4)CC3)cn(C3CCC(O)CC3)c2n1. The summed E-state index contributed by atoms with van der Waals surface area (Å²) in [5, 5.41) is 14.7. The zero-order valence-corrected chi connectivity index (χ0v) is 21.0. The number of hydrogen-bond donors (Lipinski definition) is 2. The molecule has 0 spiro atoms. The molecule has 8 nitrogen and oxygen atoms in total. The van der Waals surface area contributed by atoms with Crippen LogP contribution < -0.4 is 5.32 Å². The summed E-state index contributed by atoms with van der Waals surface area (Å²) in [5.41, 5.74) is 3.01. The highest BCUT2D eigenvalue weighted by atomic mass is 16.3. The van der Waals surface area contributed by atoms with Crippen molar-refractivity contribution in [3.05, 3.63) is 48.0 Å². The third-order valence-electron chi connectivity index (χ3n) is 8.57. The van der Waals surface area contributed by atoms with Crippen LogP contribution in [0.5, 0.6) is 0 Å². The number of nitrogens with one attached hydrogen (secondary N) is 1. The second-order valence-corrected chi connectivity index (χ2v) is 10.8. The van der Waals surface area contributed by atoms with E-state index in [4.69, 9.17) is 9.97 Å². The quantitative estimate of drug-likeness (QED) is 0.529. The maximum atomic E-state index is 12.9. The zero-order valence-electron chi connectivity index (χ0n) is 21.0. The fraction of sp³-hybridized carbons (Fsp3) is 0.571. The number of fused-ring (bicyclic) bond motifs is 1. The minimum absolute atomic E-state index is 0.0866. The maximum Gasteiger partial charge on any atom is 0.253 e. The van der Waals surface area contributed by atoms with E-state index in [0.717, 1.165) is 74.5 Å². The van der Waals surface area contributed by atoms with Crippen molar-refractivity contribution in [3.8, 4) is 0 Å². The number of pyridine rings is 1. The molecule has 3 fully saturated rings. The molecule has 2 N–H and O–H groups in total. The zero-order chi connectivity index (χ0) is 24.6. The van der Waals surface area contributed by atoms with Crippen molar-refractivity contribution in [2.75, 3.05) is 18.4 Å². The van der Waals surface area contributed by atoms with E-state index < -0.39 is 0 Å². The summed E-state index contributed by atoms with van der Waals surface area (Å²) in [4.78, 5) is 28.7. The number of likely N-dealkylation sites (tertiary alicyclic amines) is 1. The lowest BCUT2D eigenvalue weighted by Crippen LogP contribution is -2.37. The van der Waals surface area contributed by atoms with Gasteiger partial charge < -0.3 is 19.9 Å². The van der Waals surface area contributed by atoms with Crippen molar-refractivity contribution < 1.29 is 9.90 Å². The smallest absolute Gasteiger partial charge is 0.253 e. The molecule has 6 rings (SSSR count). The fourth-order valence-corrected chi connectivity index (χ4v) is 6.18. The molecule has 0 aromatic carbocycles. The Kier molecular flexibility index (Phi) is 6.37. The number of anilines is 1. The minimum Gasteiger partial charge on any atom is -0.393 e. The van der Waals surface area contributed by atoms with Gasteiger partial charge in [0, 0.05) is 60.9 Å². The number of nitrogens with zero attached hydrogens (tertiary/aromatic N) is 5. The Morgan fingerprint density at radius 3 is 2.56 bits per heavy atom.